The van der Waals surface area contributed by atoms with E-state index in [9.17, 15) is 9.59 Å². The van der Waals surface area contributed by atoms with Gasteiger partial charge in [0.05, 0.1) is 6.54 Å². The summed E-state index contributed by atoms with van der Waals surface area (Å²) < 4.78 is 10.7. The summed E-state index contributed by atoms with van der Waals surface area (Å²) in [6, 6.07) is 7.13. The molecule has 0 saturated carbocycles. The summed E-state index contributed by atoms with van der Waals surface area (Å²) in [5.41, 5.74) is 0.919. The SMILES string of the molecule is O=C1N[C@@]2(CCCc3sccc32)C(=O)N1Cc1ccc2c(c1)OCO2. The molecule has 1 aromatic heterocycles. The van der Waals surface area contributed by atoms with Crippen LogP contribution in [0.25, 0.3) is 0 Å². The Hall–Kier alpha value is -2.54. The molecule has 1 fully saturated rings. The molecule has 3 heterocycles. The zero-order valence-electron chi connectivity index (χ0n) is 13.4. The number of carbonyl (C=O) groups is 2. The van der Waals surface area contributed by atoms with Gasteiger partial charge in [0.1, 0.15) is 5.54 Å². The van der Waals surface area contributed by atoms with Gasteiger partial charge in [0.15, 0.2) is 11.5 Å². The summed E-state index contributed by atoms with van der Waals surface area (Å²) in [5, 5.41) is 4.97. The minimum Gasteiger partial charge on any atom is -0.454 e. The molecule has 2 aliphatic heterocycles. The Morgan fingerprint density at radius 3 is 3.00 bits per heavy atom. The van der Waals surface area contributed by atoms with Crippen molar-refractivity contribution in [2.45, 2.75) is 31.3 Å². The number of benzene rings is 1. The van der Waals surface area contributed by atoms with Gasteiger partial charge < -0.3 is 14.8 Å². The van der Waals surface area contributed by atoms with Crippen molar-refractivity contribution in [2.75, 3.05) is 6.79 Å². The van der Waals surface area contributed by atoms with Crippen LogP contribution in [0.2, 0.25) is 0 Å². The maximum absolute atomic E-state index is 13.2. The number of aryl methyl sites for hydroxylation is 1. The van der Waals surface area contributed by atoms with Crippen LogP contribution in [0.5, 0.6) is 11.5 Å². The number of carbonyl (C=O) groups excluding carboxylic acids is 2. The van der Waals surface area contributed by atoms with E-state index in [4.69, 9.17) is 9.47 Å². The topological polar surface area (TPSA) is 67.9 Å². The molecule has 0 bridgehead atoms. The number of amides is 3. The summed E-state index contributed by atoms with van der Waals surface area (Å²) in [6.07, 6.45) is 2.52. The molecule has 5 rings (SSSR count). The van der Waals surface area contributed by atoms with Gasteiger partial charge in [-0.1, -0.05) is 6.07 Å². The highest BCUT2D eigenvalue weighted by molar-refractivity contribution is 7.10. The monoisotopic (exact) mass is 356 g/mol. The molecule has 1 N–H and O–H groups in total. The van der Waals surface area contributed by atoms with Crippen molar-refractivity contribution >= 4 is 23.3 Å². The number of fused-ring (bicyclic) bond motifs is 3. The Balaban J connectivity index is 1.46. The third-order valence-electron chi connectivity index (χ3n) is 5.11. The van der Waals surface area contributed by atoms with E-state index in [1.807, 2.05) is 29.6 Å². The molecule has 3 amide bonds. The lowest BCUT2D eigenvalue weighted by molar-refractivity contribution is -0.132. The molecule has 1 spiro atoms. The third-order valence-corrected chi connectivity index (χ3v) is 6.09. The van der Waals surface area contributed by atoms with Gasteiger partial charge in [-0.05, 0) is 48.4 Å². The largest absolute Gasteiger partial charge is 0.454 e. The lowest BCUT2D eigenvalue weighted by Crippen LogP contribution is -2.46. The first-order valence-corrected chi connectivity index (χ1v) is 9.15. The Bertz CT molecular complexity index is 893. The Labute approximate surface area is 148 Å². The van der Waals surface area contributed by atoms with E-state index >= 15 is 0 Å². The maximum Gasteiger partial charge on any atom is 0.325 e. The molecule has 1 saturated heterocycles. The van der Waals surface area contributed by atoms with Gasteiger partial charge in [-0.15, -0.1) is 11.3 Å². The molecule has 3 aliphatic rings. The second kappa shape index (κ2) is 5.23. The molecule has 128 valence electrons. The first-order valence-electron chi connectivity index (χ1n) is 8.27. The van der Waals surface area contributed by atoms with E-state index in [2.05, 4.69) is 5.32 Å². The minimum atomic E-state index is -0.888. The Morgan fingerprint density at radius 2 is 2.08 bits per heavy atom. The van der Waals surface area contributed by atoms with E-state index in [0.29, 0.717) is 17.9 Å². The fourth-order valence-corrected chi connectivity index (χ4v) is 4.91. The van der Waals surface area contributed by atoms with Gasteiger partial charge in [-0.2, -0.15) is 0 Å². The van der Waals surface area contributed by atoms with Crippen molar-refractivity contribution < 1.29 is 19.1 Å². The van der Waals surface area contributed by atoms with Crippen LogP contribution in [0.1, 0.15) is 28.8 Å². The number of nitrogens with one attached hydrogen (secondary N) is 1. The van der Waals surface area contributed by atoms with E-state index < -0.39 is 5.54 Å². The lowest BCUT2D eigenvalue weighted by Gasteiger charge is -2.31. The number of imide groups is 1. The van der Waals surface area contributed by atoms with Crippen LogP contribution in [-0.4, -0.2) is 23.6 Å². The molecule has 1 atom stereocenters. The molecule has 1 aliphatic carbocycles. The van der Waals surface area contributed by atoms with Crippen molar-refractivity contribution in [2.24, 2.45) is 0 Å². The smallest absolute Gasteiger partial charge is 0.325 e. The predicted molar refractivity (Wildman–Crippen MR) is 90.6 cm³/mol. The number of urea groups is 1. The summed E-state index contributed by atoms with van der Waals surface area (Å²) in [4.78, 5) is 28.3. The third kappa shape index (κ3) is 2.08. The molecule has 7 heteroatoms. The van der Waals surface area contributed by atoms with Gasteiger partial charge in [0, 0.05) is 10.4 Å². The summed E-state index contributed by atoms with van der Waals surface area (Å²) in [6.45, 7) is 0.425. The van der Waals surface area contributed by atoms with Crippen LogP contribution in [0.3, 0.4) is 0 Å². The average molecular weight is 356 g/mol. The molecule has 0 radical (unpaired) electrons. The van der Waals surface area contributed by atoms with Gasteiger partial charge in [0.25, 0.3) is 5.91 Å². The van der Waals surface area contributed by atoms with Crippen LogP contribution >= 0.6 is 11.3 Å². The van der Waals surface area contributed by atoms with Crippen LogP contribution in [0.15, 0.2) is 29.6 Å². The van der Waals surface area contributed by atoms with Gasteiger partial charge >= 0.3 is 6.03 Å². The number of hydrogen-bond donors (Lipinski definition) is 1. The van der Waals surface area contributed by atoms with Crippen molar-refractivity contribution in [1.82, 2.24) is 10.2 Å². The summed E-state index contributed by atoms with van der Waals surface area (Å²) in [5.74, 6) is 1.18. The van der Waals surface area contributed by atoms with E-state index in [0.717, 1.165) is 24.0 Å². The normalized spacial score (nSPS) is 23.9. The molecule has 1 aromatic carbocycles. The van der Waals surface area contributed by atoms with Crippen LogP contribution < -0.4 is 14.8 Å². The van der Waals surface area contributed by atoms with Crippen molar-refractivity contribution in [3.63, 3.8) is 0 Å². The Morgan fingerprint density at radius 1 is 1.20 bits per heavy atom. The zero-order valence-corrected chi connectivity index (χ0v) is 14.2. The molecular formula is C18H16N2O4S. The molecular weight excluding hydrogens is 340 g/mol. The quantitative estimate of drug-likeness (QED) is 0.840. The highest BCUT2D eigenvalue weighted by Crippen LogP contribution is 2.42. The second-order valence-corrected chi connectivity index (χ2v) is 7.53. The van der Waals surface area contributed by atoms with Crippen LogP contribution in [0, 0.1) is 0 Å². The minimum absolute atomic E-state index is 0.158. The molecule has 0 unspecified atom stereocenters. The van der Waals surface area contributed by atoms with Gasteiger partial charge in [-0.3, -0.25) is 9.69 Å². The molecule has 2 aromatic rings. The fourth-order valence-electron chi connectivity index (χ4n) is 3.91. The number of rotatable bonds is 2. The first-order chi connectivity index (χ1) is 12.2. The van der Waals surface area contributed by atoms with Gasteiger partial charge in [-0.25, -0.2) is 4.79 Å². The second-order valence-electron chi connectivity index (χ2n) is 6.53. The standard InChI is InChI=1S/C18H16N2O4S/c21-16-18(6-1-2-15-12(18)5-7-25-15)19-17(22)20(16)9-11-3-4-13-14(8-11)24-10-23-13/h3-5,7-8H,1-2,6,9-10H2,(H,19,22)/t18-/m1/s1. The van der Waals surface area contributed by atoms with E-state index in [-0.39, 0.29) is 25.3 Å². The van der Waals surface area contributed by atoms with Crippen molar-refractivity contribution in [1.29, 1.82) is 0 Å². The van der Waals surface area contributed by atoms with E-state index in [1.165, 1.54) is 9.78 Å². The van der Waals surface area contributed by atoms with Crippen molar-refractivity contribution in [3.8, 4) is 11.5 Å². The van der Waals surface area contributed by atoms with Crippen LogP contribution in [0.4, 0.5) is 4.79 Å². The maximum atomic E-state index is 13.2. The predicted octanol–water partition coefficient (Wildman–Crippen LogP) is 2.76. The Kier molecular flexibility index (Phi) is 3.09. The van der Waals surface area contributed by atoms with E-state index in [1.54, 1.807) is 11.3 Å². The fraction of sp³-hybridized carbons (Fsp3) is 0.333. The summed E-state index contributed by atoms with van der Waals surface area (Å²) >= 11 is 1.66. The zero-order chi connectivity index (χ0) is 17.0. The van der Waals surface area contributed by atoms with Gasteiger partial charge in [0.2, 0.25) is 6.79 Å². The summed E-state index contributed by atoms with van der Waals surface area (Å²) in [7, 11) is 0. The highest BCUT2D eigenvalue weighted by Gasteiger charge is 2.54. The number of ether oxygens (including phenoxy) is 2. The van der Waals surface area contributed by atoms with Crippen molar-refractivity contribution in [3.05, 3.63) is 45.6 Å². The molecule has 6 nitrogen and oxygen atoms in total. The molecule has 25 heavy (non-hydrogen) atoms. The number of thiophene rings is 1. The number of nitrogens with zero attached hydrogens (tertiary/aromatic N) is 1. The lowest BCUT2D eigenvalue weighted by atomic mass is 9.80. The number of hydrogen-bond acceptors (Lipinski definition) is 5. The first kappa shape index (κ1) is 14.8. The van der Waals surface area contributed by atoms with Crippen LogP contribution in [-0.2, 0) is 23.3 Å². The average Bonchev–Trinajstić information content (AvgIpc) is 3.31. The highest BCUT2D eigenvalue weighted by atomic mass is 32.1.